The fourth-order valence-electron chi connectivity index (χ4n) is 4.07. The molecular formula is C24H28F6N2O7. The van der Waals surface area contributed by atoms with Crippen LogP contribution in [-0.2, 0) is 32.2 Å². The second-order valence-corrected chi connectivity index (χ2v) is 8.76. The molecule has 2 aliphatic rings. The van der Waals surface area contributed by atoms with Gasteiger partial charge in [0, 0.05) is 18.3 Å². The number of hydrogen-bond donors (Lipinski definition) is 2. The summed E-state index contributed by atoms with van der Waals surface area (Å²) in [6.45, 7) is 6.03. The van der Waals surface area contributed by atoms with Crippen molar-refractivity contribution >= 4 is 11.9 Å². The molecule has 0 spiro atoms. The van der Waals surface area contributed by atoms with Crippen LogP contribution in [0.1, 0.15) is 30.0 Å². The quantitative estimate of drug-likeness (QED) is 0.485. The SMILES string of the molecule is Cc1cccc(COCC2CC3OCCN(Cc4ccco4)C3C2)n1.O=C(O)C(F)(F)F.O=C(O)C(F)(F)F. The van der Waals surface area contributed by atoms with Crippen LogP contribution in [0.4, 0.5) is 26.3 Å². The van der Waals surface area contributed by atoms with Crippen LogP contribution < -0.4 is 0 Å². The zero-order valence-corrected chi connectivity index (χ0v) is 20.7. The number of aliphatic carboxylic acids is 2. The average molecular weight is 570 g/mol. The summed E-state index contributed by atoms with van der Waals surface area (Å²) in [4.78, 5) is 24.8. The maximum absolute atomic E-state index is 10.6. The van der Waals surface area contributed by atoms with Crippen molar-refractivity contribution in [2.45, 2.75) is 57.4 Å². The minimum absolute atomic E-state index is 0.328. The third kappa shape index (κ3) is 11.2. The summed E-state index contributed by atoms with van der Waals surface area (Å²) in [5.74, 6) is -3.93. The molecule has 2 fully saturated rings. The van der Waals surface area contributed by atoms with Crippen LogP contribution in [-0.4, -0.2) is 76.3 Å². The van der Waals surface area contributed by atoms with Gasteiger partial charge in [-0.25, -0.2) is 9.59 Å². The number of carboxylic acid groups (broad SMARTS) is 2. The minimum Gasteiger partial charge on any atom is -0.475 e. The fourth-order valence-corrected chi connectivity index (χ4v) is 4.07. The number of furan rings is 1. The van der Waals surface area contributed by atoms with Gasteiger partial charge in [0.15, 0.2) is 0 Å². The molecule has 39 heavy (non-hydrogen) atoms. The molecule has 1 saturated heterocycles. The van der Waals surface area contributed by atoms with Gasteiger partial charge in [-0.15, -0.1) is 0 Å². The van der Waals surface area contributed by atoms with E-state index < -0.39 is 24.3 Å². The van der Waals surface area contributed by atoms with Gasteiger partial charge in [-0.3, -0.25) is 9.88 Å². The Labute approximate surface area is 219 Å². The summed E-state index contributed by atoms with van der Waals surface area (Å²) in [5, 5.41) is 14.2. The standard InChI is InChI=1S/C20H26N2O3.2C2HF3O2/c1-15-4-2-5-17(21-15)14-23-13-16-10-19-20(11-16)25-9-7-22(19)12-18-6-3-8-24-18;2*3-2(4,5)1(6)7/h2-6,8,16,19-20H,7,9-14H2,1H3;2*(H,6,7). The zero-order valence-electron chi connectivity index (χ0n) is 20.7. The summed E-state index contributed by atoms with van der Waals surface area (Å²) in [7, 11) is 0. The van der Waals surface area contributed by atoms with Crippen LogP contribution >= 0.6 is 0 Å². The fraction of sp³-hybridized carbons (Fsp3) is 0.542. The van der Waals surface area contributed by atoms with E-state index in [1.54, 1.807) is 6.26 Å². The highest BCUT2D eigenvalue weighted by Gasteiger charge is 2.41. The molecule has 1 aliphatic heterocycles. The number of aromatic nitrogens is 1. The number of halogens is 6. The van der Waals surface area contributed by atoms with E-state index in [2.05, 4.69) is 16.0 Å². The molecule has 3 heterocycles. The predicted molar refractivity (Wildman–Crippen MR) is 121 cm³/mol. The highest BCUT2D eigenvalue weighted by atomic mass is 19.4. The monoisotopic (exact) mass is 570 g/mol. The second-order valence-electron chi connectivity index (χ2n) is 8.76. The Bertz CT molecular complexity index is 1020. The summed E-state index contributed by atoms with van der Waals surface area (Å²) in [5.41, 5.74) is 2.04. The van der Waals surface area contributed by atoms with E-state index in [-0.39, 0.29) is 0 Å². The van der Waals surface area contributed by atoms with Crippen molar-refractivity contribution in [3.8, 4) is 0 Å². The molecule has 1 saturated carbocycles. The van der Waals surface area contributed by atoms with E-state index in [0.29, 0.717) is 24.7 Å². The molecule has 3 unspecified atom stereocenters. The molecule has 0 bridgehead atoms. The largest absolute Gasteiger partial charge is 0.490 e. The number of rotatable bonds is 6. The Morgan fingerprint density at radius 2 is 1.69 bits per heavy atom. The Hall–Kier alpha value is -3.17. The lowest BCUT2D eigenvalue weighted by Crippen LogP contribution is -2.47. The summed E-state index contributed by atoms with van der Waals surface area (Å²) in [6, 6.07) is 10.5. The number of carbonyl (C=O) groups is 2. The summed E-state index contributed by atoms with van der Waals surface area (Å²) in [6.07, 6.45) is -5.88. The van der Waals surface area contributed by atoms with Crippen molar-refractivity contribution in [3.05, 3.63) is 53.7 Å². The van der Waals surface area contributed by atoms with Gasteiger partial charge in [0.25, 0.3) is 0 Å². The van der Waals surface area contributed by atoms with Crippen LogP contribution in [0.25, 0.3) is 0 Å². The predicted octanol–water partition coefficient (Wildman–Crippen LogP) is 4.45. The average Bonchev–Trinajstić information content (AvgIpc) is 3.49. The lowest BCUT2D eigenvalue weighted by molar-refractivity contribution is -0.193. The molecule has 1 aliphatic carbocycles. The maximum Gasteiger partial charge on any atom is 0.490 e. The third-order valence-electron chi connectivity index (χ3n) is 5.72. The van der Waals surface area contributed by atoms with E-state index in [1.807, 2.05) is 31.2 Å². The van der Waals surface area contributed by atoms with Gasteiger partial charge < -0.3 is 24.1 Å². The summed E-state index contributed by atoms with van der Waals surface area (Å²) < 4.78 is 81.0. The normalized spacial score (nSPS) is 21.2. The van der Waals surface area contributed by atoms with Crippen LogP contribution in [0, 0.1) is 12.8 Å². The third-order valence-corrected chi connectivity index (χ3v) is 5.72. The number of aryl methyl sites for hydroxylation is 1. The Morgan fingerprint density at radius 3 is 2.23 bits per heavy atom. The minimum atomic E-state index is -5.08. The number of ether oxygens (including phenoxy) is 2. The number of pyridine rings is 1. The van der Waals surface area contributed by atoms with Gasteiger partial charge in [0.1, 0.15) is 5.76 Å². The lowest BCUT2D eigenvalue weighted by Gasteiger charge is -2.37. The second kappa shape index (κ2) is 14.3. The van der Waals surface area contributed by atoms with Crippen molar-refractivity contribution in [3.63, 3.8) is 0 Å². The molecule has 0 radical (unpaired) electrons. The maximum atomic E-state index is 10.6. The molecule has 0 amide bonds. The van der Waals surface area contributed by atoms with E-state index in [0.717, 1.165) is 56.3 Å². The number of morpholine rings is 1. The summed E-state index contributed by atoms with van der Waals surface area (Å²) >= 11 is 0. The van der Waals surface area contributed by atoms with E-state index in [4.69, 9.17) is 33.7 Å². The molecule has 2 aromatic heterocycles. The first kappa shape index (κ1) is 32.0. The number of hydrogen-bond acceptors (Lipinski definition) is 7. The van der Waals surface area contributed by atoms with Crippen LogP contribution in [0.3, 0.4) is 0 Å². The van der Waals surface area contributed by atoms with Gasteiger partial charge in [0.2, 0.25) is 0 Å². The molecule has 218 valence electrons. The molecule has 0 aromatic carbocycles. The molecular weight excluding hydrogens is 542 g/mol. The molecule has 2 aromatic rings. The molecule has 15 heteroatoms. The van der Waals surface area contributed by atoms with E-state index in [9.17, 15) is 26.3 Å². The van der Waals surface area contributed by atoms with Gasteiger partial charge in [-0.2, -0.15) is 26.3 Å². The van der Waals surface area contributed by atoms with Crippen LogP contribution in [0.15, 0.2) is 41.0 Å². The number of fused-ring (bicyclic) bond motifs is 1. The first-order valence-electron chi connectivity index (χ1n) is 11.6. The molecule has 9 nitrogen and oxygen atoms in total. The highest BCUT2D eigenvalue weighted by Crippen LogP contribution is 2.35. The topological polar surface area (TPSA) is 122 Å². The lowest BCUT2D eigenvalue weighted by atomic mass is 10.1. The smallest absolute Gasteiger partial charge is 0.475 e. The highest BCUT2D eigenvalue weighted by molar-refractivity contribution is 5.73. The number of carboxylic acids is 2. The Balaban J connectivity index is 0.000000317. The van der Waals surface area contributed by atoms with Crippen LogP contribution in [0.5, 0.6) is 0 Å². The molecule has 3 atom stereocenters. The zero-order chi connectivity index (χ0) is 29.2. The van der Waals surface area contributed by atoms with Crippen molar-refractivity contribution in [1.82, 2.24) is 9.88 Å². The first-order valence-corrected chi connectivity index (χ1v) is 11.6. The van der Waals surface area contributed by atoms with Gasteiger partial charge >= 0.3 is 24.3 Å². The van der Waals surface area contributed by atoms with Gasteiger partial charge in [-0.1, -0.05) is 6.07 Å². The van der Waals surface area contributed by atoms with E-state index in [1.165, 1.54) is 0 Å². The van der Waals surface area contributed by atoms with E-state index >= 15 is 0 Å². The Morgan fingerprint density at radius 1 is 1.05 bits per heavy atom. The van der Waals surface area contributed by atoms with Crippen molar-refractivity contribution < 1.29 is 60.0 Å². The molecule has 2 N–H and O–H groups in total. The van der Waals surface area contributed by atoms with Gasteiger partial charge in [0.05, 0.1) is 44.4 Å². The van der Waals surface area contributed by atoms with Crippen molar-refractivity contribution in [2.24, 2.45) is 5.92 Å². The van der Waals surface area contributed by atoms with Crippen molar-refractivity contribution in [1.29, 1.82) is 0 Å². The number of alkyl halides is 6. The van der Waals surface area contributed by atoms with Crippen LogP contribution in [0.2, 0.25) is 0 Å². The van der Waals surface area contributed by atoms with Gasteiger partial charge in [-0.05, 0) is 49.9 Å². The Kier molecular flexibility index (Phi) is 11.7. The first-order chi connectivity index (χ1) is 18.2. The number of nitrogens with zero attached hydrogens (tertiary/aromatic N) is 2. The molecule has 4 rings (SSSR count). The van der Waals surface area contributed by atoms with Crippen molar-refractivity contribution in [2.75, 3.05) is 19.8 Å².